The van der Waals surface area contributed by atoms with Gasteiger partial charge in [-0.1, -0.05) is 12.5 Å². The highest BCUT2D eigenvalue weighted by molar-refractivity contribution is 6.28. The lowest BCUT2D eigenvalue weighted by Gasteiger charge is -2.04. The van der Waals surface area contributed by atoms with Crippen molar-refractivity contribution in [3.63, 3.8) is 0 Å². The van der Waals surface area contributed by atoms with Crippen molar-refractivity contribution >= 4 is 17.7 Å². The van der Waals surface area contributed by atoms with E-state index in [1.54, 1.807) is 6.07 Å². The normalized spacial score (nSPS) is 17.1. The van der Waals surface area contributed by atoms with Gasteiger partial charge in [-0.05, 0) is 49.1 Å². The molecule has 1 N–H and O–H groups in total. The van der Waals surface area contributed by atoms with Crippen LogP contribution in [0.4, 0.5) is 0 Å². The van der Waals surface area contributed by atoms with Crippen LogP contribution in [0, 0.1) is 0 Å². The van der Waals surface area contributed by atoms with Gasteiger partial charge in [-0.15, -0.1) is 0 Å². The molecule has 1 aromatic heterocycles. The first kappa shape index (κ1) is 10.8. The number of rotatable bonds is 5. The average molecular weight is 226 g/mol. The molecule has 15 heavy (non-hydrogen) atoms. The Morgan fingerprint density at radius 2 is 2.40 bits per heavy atom. The van der Waals surface area contributed by atoms with E-state index in [1.807, 2.05) is 6.07 Å². The molecule has 0 unspecified atom stereocenters. The SMILES string of the molecule is CCC(=Cc1ccc(Cl)o1)CNC1CC1. The summed E-state index contributed by atoms with van der Waals surface area (Å²) < 4.78 is 5.30. The Labute approximate surface area is 95.3 Å². The number of hydrogen-bond acceptors (Lipinski definition) is 2. The fourth-order valence-corrected chi connectivity index (χ4v) is 1.60. The molecule has 0 saturated heterocycles. The highest BCUT2D eigenvalue weighted by atomic mass is 35.5. The molecule has 0 amide bonds. The monoisotopic (exact) mass is 225 g/mol. The topological polar surface area (TPSA) is 25.2 Å². The van der Waals surface area contributed by atoms with Gasteiger partial charge in [0.1, 0.15) is 5.76 Å². The van der Waals surface area contributed by atoms with Crippen LogP contribution in [0.5, 0.6) is 0 Å². The highest BCUT2D eigenvalue weighted by Gasteiger charge is 2.20. The molecule has 1 saturated carbocycles. The molecule has 1 aliphatic carbocycles. The van der Waals surface area contributed by atoms with Crippen LogP contribution in [-0.2, 0) is 0 Å². The first-order valence-electron chi connectivity index (χ1n) is 5.46. The first-order chi connectivity index (χ1) is 7.28. The van der Waals surface area contributed by atoms with Crippen molar-refractivity contribution in [2.24, 2.45) is 0 Å². The Bertz CT molecular complexity index is 352. The van der Waals surface area contributed by atoms with Crippen molar-refractivity contribution in [1.29, 1.82) is 0 Å². The molecule has 1 aliphatic rings. The fourth-order valence-electron chi connectivity index (χ4n) is 1.45. The van der Waals surface area contributed by atoms with Gasteiger partial charge in [0.05, 0.1) is 0 Å². The molecule has 1 fully saturated rings. The smallest absolute Gasteiger partial charge is 0.193 e. The van der Waals surface area contributed by atoms with Crippen LogP contribution in [0.1, 0.15) is 31.9 Å². The van der Waals surface area contributed by atoms with Crippen LogP contribution in [0.3, 0.4) is 0 Å². The number of furan rings is 1. The minimum absolute atomic E-state index is 0.451. The van der Waals surface area contributed by atoms with Crippen LogP contribution < -0.4 is 5.32 Å². The fraction of sp³-hybridized carbons (Fsp3) is 0.500. The van der Waals surface area contributed by atoms with E-state index in [4.69, 9.17) is 16.0 Å². The Hall–Kier alpha value is -0.730. The van der Waals surface area contributed by atoms with Crippen LogP contribution >= 0.6 is 11.6 Å². The summed E-state index contributed by atoms with van der Waals surface area (Å²) in [7, 11) is 0. The average Bonchev–Trinajstić information content (AvgIpc) is 2.97. The number of halogens is 1. The molecule has 0 aliphatic heterocycles. The van der Waals surface area contributed by atoms with Crippen molar-refractivity contribution in [3.05, 3.63) is 28.7 Å². The molecule has 0 aromatic carbocycles. The van der Waals surface area contributed by atoms with E-state index in [-0.39, 0.29) is 0 Å². The third-order valence-electron chi connectivity index (χ3n) is 2.59. The Balaban J connectivity index is 1.94. The molecular formula is C12H16ClNO. The van der Waals surface area contributed by atoms with E-state index in [2.05, 4.69) is 18.3 Å². The predicted molar refractivity (Wildman–Crippen MR) is 63.0 cm³/mol. The zero-order valence-corrected chi connectivity index (χ0v) is 9.68. The van der Waals surface area contributed by atoms with Crippen LogP contribution in [-0.4, -0.2) is 12.6 Å². The third-order valence-corrected chi connectivity index (χ3v) is 2.79. The minimum Gasteiger partial charge on any atom is -0.445 e. The molecule has 0 atom stereocenters. The van der Waals surface area contributed by atoms with Gasteiger partial charge in [-0.2, -0.15) is 0 Å². The quantitative estimate of drug-likeness (QED) is 0.830. The van der Waals surface area contributed by atoms with Crippen molar-refractivity contribution in [2.75, 3.05) is 6.54 Å². The Morgan fingerprint density at radius 1 is 1.60 bits per heavy atom. The van der Waals surface area contributed by atoms with Crippen molar-refractivity contribution in [2.45, 2.75) is 32.2 Å². The van der Waals surface area contributed by atoms with Crippen LogP contribution in [0.2, 0.25) is 5.22 Å². The van der Waals surface area contributed by atoms with Gasteiger partial charge < -0.3 is 9.73 Å². The lowest BCUT2D eigenvalue weighted by Crippen LogP contribution is -2.18. The molecule has 0 spiro atoms. The molecule has 0 radical (unpaired) electrons. The van der Waals surface area contributed by atoms with E-state index >= 15 is 0 Å². The van der Waals surface area contributed by atoms with E-state index in [1.165, 1.54) is 18.4 Å². The van der Waals surface area contributed by atoms with E-state index < -0.39 is 0 Å². The van der Waals surface area contributed by atoms with Crippen LogP contribution in [0.15, 0.2) is 22.1 Å². The maximum absolute atomic E-state index is 5.71. The predicted octanol–water partition coefficient (Wildman–Crippen LogP) is 3.48. The van der Waals surface area contributed by atoms with Crippen molar-refractivity contribution in [1.82, 2.24) is 5.32 Å². The second-order valence-electron chi connectivity index (χ2n) is 3.95. The van der Waals surface area contributed by atoms with Gasteiger partial charge in [-0.25, -0.2) is 0 Å². The molecule has 3 heteroatoms. The molecule has 0 bridgehead atoms. The van der Waals surface area contributed by atoms with Crippen molar-refractivity contribution in [3.8, 4) is 0 Å². The lowest BCUT2D eigenvalue weighted by molar-refractivity contribution is 0.558. The molecule has 1 aromatic rings. The zero-order chi connectivity index (χ0) is 10.7. The van der Waals surface area contributed by atoms with Gasteiger partial charge in [0.15, 0.2) is 5.22 Å². The maximum Gasteiger partial charge on any atom is 0.193 e. The first-order valence-corrected chi connectivity index (χ1v) is 5.84. The van der Waals surface area contributed by atoms with Gasteiger partial charge in [0.2, 0.25) is 0 Å². The van der Waals surface area contributed by atoms with Gasteiger partial charge in [-0.3, -0.25) is 0 Å². The van der Waals surface area contributed by atoms with Crippen molar-refractivity contribution < 1.29 is 4.42 Å². The Morgan fingerprint density at radius 3 is 2.93 bits per heavy atom. The van der Waals surface area contributed by atoms with E-state index in [0.29, 0.717) is 5.22 Å². The lowest BCUT2D eigenvalue weighted by atomic mass is 10.1. The van der Waals surface area contributed by atoms with Gasteiger partial charge >= 0.3 is 0 Å². The summed E-state index contributed by atoms with van der Waals surface area (Å²) in [5.74, 6) is 0.842. The minimum atomic E-state index is 0.451. The summed E-state index contributed by atoms with van der Waals surface area (Å²) in [5, 5.41) is 3.94. The highest BCUT2D eigenvalue weighted by Crippen LogP contribution is 2.20. The van der Waals surface area contributed by atoms with E-state index in [9.17, 15) is 0 Å². The maximum atomic E-state index is 5.71. The molecule has 2 rings (SSSR count). The molecule has 2 nitrogen and oxygen atoms in total. The second-order valence-corrected chi connectivity index (χ2v) is 4.33. The zero-order valence-electron chi connectivity index (χ0n) is 8.92. The van der Waals surface area contributed by atoms with Gasteiger partial charge in [0.25, 0.3) is 0 Å². The molecule has 1 heterocycles. The van der Waals surface area contributed by atoms with E-state index in [0.717, 1.165) is 24.8 Å². The summed E-state index contributed by atoms with van der Waals surface area (Å²) in [6.07, 6.45) is 5.76. The van der Waals surface area contributed by atoms with Gasteiger partial charge in [0, 0.05) is 12.6 Å². The number of hydrogen-bond donors (Lipinski definition) is 1. The summed E-state index contributed by atoms with van der Waals surface area (Å²) in [6.45, 7) is 3.12. The van der Waals surface area contributed by atoms with Crippen LogP contribution in [0.25, 0.3) is 6.08 Å². The summed E-state index contributed by atoms with van der Waals surface area (Å²) in [6, 6.07) is 4.42. The third kappa shape index (κ3) is 3.40. The molecular weight excluding hydrogens is 210 g/mol. The molecule has 82 valence electrons. The second kappa shape index (κ2) is 4.86. The summed E-state index contributed by atoms with van der Waals surface area (Å²) in [4.78, 5) is 0. The Kier molecular flexibility index (Phi) is 3.49. The summed E-state index contributed by atoms with van der Waals surface area (Å²) >= 11 is 5.71. The standard InChI is InChI=1S/C12H16ClNO/c1-2-9(8-14-10-3-4-10)7-11-5-6-12(13)15-11/h5-7,10,14H,2-4,8H2,1H3. The number of nitrogens with one attached hydrogen (secondary N) is 1. The summed E-state index contributed by atoms with van der Waals surface area (Å²) in [5.41, 5.74) is 1.35. The largest absolute Gasteiger partial charge is 0.445 e.